The van der Waals surface area contributed by atoms with Crippen molar-refractivity contribution in [2.24, 2.45) is 28.5 Å². The molecule has 1 saturated carbocycles. The number of allylic oxidation sites excluding steroid dienone is 1. The summed E-state index contributed by atoms with van der Waals surface area (Å²) in [5, 5.41) is 0. The quantitative estimate of drug-likeness (QED) is 0.558. The van der Waals surface area contributed by atoms with E-state index in [0.717, 1.165) is 11.8 Å². The molecule has 3 unspecified atom stereocenters. The standard InChI is InChI=1S/C9H14N2/c1-6-2-3-8-7(6)4-5-11-9(8)10/h4-8H,2-3H2,1H3,(H2,10,11). The molecule has 3 atom stereocenters. The summed E-state index contributed by atoms with van der Waals surface area (Å²) < 4.78 is 0. The summed E-state index contributed by atoms with van der Waals surface area (Å²) >= 11 is 0. The third-order valence-electron chi connectivity index (χ3n) is 2.97. The van der Waals surface area contributed by atoms with E-state index in [9.17, 15) is 0 Å². The lowest BCUT2D eigenvalue weighted by Gasteiger charge is -2.21. The van der Waals surface area contributed by atoms with Crippen LogP contribution in [0.25, 0.3) is 0 Å². The van der Waals surface area contributed by atoms with Crippen LogP contribution in [0.3, 0.4) is 0 Å². The number of nitrogens with two attached hydrogens (primary N) is 1. The van der Waals surface area contributed by atoms with Gasteiger partial charge in [0.05, 0.1) is 0 Å². The Morgan fingerprint density at radius 3 is 3.09 bits per heavy atom. The molecule has 0 aromatic rings. The van der Waals surface area contributed by atoms with Gasteiger partial charge in [0.2, 0.25) is 0 Å². The zero-order valence-corrected chi connectivity index (χ0v) is 6.83. The van der Waals surface area contributed by atoms with Crippen LogP contribution < -0.4 is 5.73 Å². The van der Waals surface area contributed by atoms with Crippen molar-refractivity contribution in [1.29, 1.82) is 0 Å². The van der Waals surface area contributed by atoms with E-state index in [-0.39, 0.29) is 0 Å². The Kier molecular flexibility index (Phi) is 1.48. The van der Waals surface area contributed by atoms with Gasteiger partial charge in [-0.25, -0.2) is 4.99 Å². The third kappa shape index (κ3) is 0.971. The molecule has 0 aromatic carbocycles. The number of fused-ring (bicyclic) bond motifs is 1. The van der Waals surface area contributed by atoms with Crippen LogP contribution in [0.4, 0.5) is 0 Å². The van der Waals surface area contributed by atoms with Crippen LogP contribution in [-0.4, -0.2) is 5.84 Å². The molecule has 2 rings (SSSR count). The van der Waals surface area contributed by atoms with Gasteiger partial charge in [-0.05, 0) is 24.7 Å². The summed E-state index contributed by atoms with van der Waals surface area (Å²) in [6.07, 6.45) is 6.60. The summed E-state index contributed by atoms with van der Waals surface area (Å²) in [5.74, 6) is 2.87. The smallest absolute Gasteiger partial charge is 0.103 e. The Morgan fingerprint density at radius 1 is 1.55 bits per heavy atom. The van der Waals surface area contributed by atoms with E-state index >= 15 is 0 Å². The highest BCUT2D eigenvalue weighted by molar-refractivity contribution is 5.85. The molecular formula is C9H14N2. The molecule has 0 amide bonds. The maximum absolute atomic E-state index is 5.78. The van der Waals surface area contributed by atoms with Gasteiger partial charge in [-0.2, -0.15) is 0 Å². The first-order valence-electron chi connectivity index (χ1n) is 4.29. The second-order valence-corrected chi connectivity index (χ2v) is 3.63. The summed E-state index contributed by atoms with van der Waals surface area (Å²) in [6.45, 7) is 2.30. The predicted octanol–water partition coefficient (Wildman–Crippen LogP) is 1.53. The predicted molar refractivity (Wildman–Crippen MR) is 46.1 cm³/mol. The average molecular weight is 150 g/mol. The zero-order valence-electron chi connectivity index (χ0n) is 6.83. The first-order chi connectivity index (χ1) is 5.29. The van der Waals surface area contributed by atoms with Gasteiger partial charge in [-0.3, -0.25) is 0 Å². The zero-order chi connectivity index (χ0) is 7.84. The number of hydrogen-bond acceptors (Lipinski definition) is 2. The molecule has 1 aliphatic carbocycles. The van der Waals surface area contributed by atoms with Gasteiger partial charge in [0, 0.05) is 12.1 Å². The van der Waals surface area contributed by atoms with E-state index in [4.69, 9.17) is 5.73 Å². The van der Waals surface area contributed by atoms with Crippen molar-refractivity contribution in [3.05, 3.63) is 12.3 Å². The fourth-order valence-corrected chi connectivity index (χ4v) is 2.22. The van der Waals surface area contributed by atoms with Crippen LogP contribution in [-0.2, 0) is 0 Å². The number of hydrogen-bond donors (Lipinski definition) is 1. The van der Waals surface area contributed by atoms with Crippen molar-refractivity contribution >= 4 is 5.84 Å². The Bertz CT molecular complexity index is 218. The van der Waals surface area contributed by atoms with Crippen molar-refractivity contribution in [3.63, 3.8) is 0 Å². The number of aliphatic imine (C=N–C) groups is 1. The largest absolute Gasteiger partial charge is 0.387 e. The highest BCUT2D eigenvalue weighted by Gasteiger charge is 2.34. The molecule has 1 fully saturated rings. The van der Waals surface area contributed by atoms with Gasteiger partial charge in [0.1, 0.15) is 5.84 Å². The molecule has 2 aliphatic rings. The van der Waals surface area contributed by atoms with Crippen molar-refractivity contribution in [2.45, 2.75) is 19.8 Å². The molecule has 1 aliphatic heterocycles. The van der Waals surface area contributed by atoms with Gasteiger partial charge in [-0.15, -0.1) is 0 Å². The van der Waals surface area contributed by atoms with Crippen molar-refractivity contribution in [3.8, 4) is 0 Å². The van der Waals surface area contributed by atoms with Gasteiger partial charge < -0.3 is 5.73 Å². The van der Waals surface area contributed by atoms with Crippen LogP contribution in [0.1, 0.15) is 19.8 Å². The van der Waals surface area contributed by atoms with Crippen molar-refractivity contribution < 1.29 is 0 Å². The first-order valence-corrected chi connectivity index (χ1v) is 4.29. The fraction of sp³-hybridized carbons (Fsp3) is 0.667. The van der Waals surface area contributed by atoms with E-state index in [2.05, 4.69) is 18.0 Å². The van der Waals surface area contributed by atoms with Gasteiger partial charge in [-0.1, -0.05) is 13.0 Å². The van der Waals surface area contributed by atoms with E-state index in [1.807, 2.05) is 6.20 Å². The molecule has 2 nitrogen and oxygen atoms in total. The van der Waals surface area contributed by atoms with Crippen LogP contribution in [0.2, 0.25) is 0 Å². The number of rotatable bonds is 0. The molecule has 1 heterocycles. The average Bonchev–Trinajstić information content (AvgIpc) is 2.35. The lowest BCUT2D eigenvalue weighted by atomic mass is 9.88. The topological polar surface area (TPSA) is 38.4 Å². The maximum Gasteiger partial charge on any atom is 0.103 e. The normalized spacial score (nSPS) is 41.9. The third-order valence-corrected chi connectivity index (χ3v) is 2.97. The Morgan fingerprint density at radius 2 is 2.36 bits per heavy atom. The van der Waals surface area contributed by atoms with Crippen molar-refractivity contribution in [1.82, 2.24) is 0 Å². The monoisotopic (exact) mass is 150 g/mol. The molecule has 0 spiro atoms. The summed E-state index contributed by atoms with van der Waals surface area (Å²) in [6, 6.07) is 0. The molecule has 2 heteroatoms. The number of amidine groups is 1. The SMILES string of the molecule is CC1CCC2C(N)=NC=CC12. The Hall–Kier alpha value is -0.790. The minimum Gasteiger partial charge on any atom is -0.387 e. The van der Waals surface area contributed by atoms with Crippen molar-refractivity contribution in [2.75, 3.05) is 0 Å². The van der Waals surface area contributed by atoms with Gasteiger partial charge >= 0.3 is 0 Å². The molecule has 60 valence electrons. The first kappa shape index (κ1) is 6.89. The van der Waals surface area contributed by atoms with Gasteiger partial charge in [0.25, 0.3) is 0 Å². The molecular weight excluding hydrogens is 136 g/mol. The number of nitrogens with zero attached hydrogens (tertiary/aromatic N) is 1. The molecule has 11 heavy (non-hydrogen) atoms. The highest BCUT2D eigenvalue weighted by Crippen LogP contribution is 2.39. The van der Waals surface area contributed by atoms with Crippen LogP contribution in [0, 0.1) is 17.8 Å². The fourth-order valence-electron chi connectivity index (χ4n) is 2.22. The molecule has 0 bridgehead atoms. The summed E-state index contributed by atoms with van der Waals surface area (Å²) in [5.41, 5.74) is 5.78. The lowest BCUT2D eigenvalue weighted by Crippen LogP contribution is -2.29. The molecule has 0 saturated heterocycles. The second-order valence-electron chi connectivity index (χ2n) is 3.63. The molecule has 2 N–H and O–H groups in total. The maximum atomic E-state index is 5.78. The highest BCUT2D eigenvalue weighted by atomic mass is 14.9. The van der Waals surface area contributed by atoms with Crippen LogP contribution in [0.5, 0.6) is 0 Å². The van der Waals surface area contributed by atoms with E-state index < -0.39 is 0 Å². The Balaban J connectivity index is 2.24. The summed E-state index contributed by atoms with van der Waals surface area (Å²) in [7, 11) is 0. The molecule has 0 aromatic heterocycles. The second kappa shape index (κ2) is 2.36. The van der Waals surface area contributed by atoms with Gasteiger partial charge in [0.15, 0.2) is 0 Å². The Labute approximate surface area is 67.2 Å². The van der Waals surface area contributed by atoms with E-state index in [0.29, 0.717) is 11.8 Å². The minimum atomic E-state index is 0.551. The minimum absolute atomic E-state index is 0.551. The summed E-state index contributed by atoms with van der Waals surface area (Å²) in [4.78, 5) is 4.12. The van der Waals surface area contributed by atoms with E-state index in [1.54, 1.807) is 0 Å². The molecule has 0 radical (unpaired) electrons. The van der Waals surface area contributed by atoms with Crippen LogP contribution >= 0.6 is 0 Å². The van der Waals surface area contributed by atoms with Crippen LogP contribution in [0.15, 0.2) is 17.3 Å². The lowest BCUT2D eigenvalue weighted by molar-refractivity contribution is 0.462. The van der Waals surface area contributed by atoms with E-state index in [1.165, 1.54) is 12.8 Å².